The third-order valence-corrected chi connectivity index (χ3v) is 4.22. The number of thioether (sulfide) groups is 1. The van der Waals surface area contributed by atoms with E-state index in [0.29, 0.717) is 5.75 Å². The Balaban J connectivity index is 2.70. The van der Waals surface area contributed by atoms with Crippen molar-refractivity contribution in [2.75, 3.05) is 0 Å². The summed E-state index contributed by atoms with van der Waals surface area (Å²) in [6.07, 6.45) is 0. The summed E-state index contributed by atoms with van der Waals surface area (Å²) in [4.78, 5) is 10.9. The number of aryl methyl sites for hydroxylation is 2. The molecule has 0 bridgehead atoms. The van der Waals surface area contributed by atoms with Crippen LogP contribution < -0.4 is 5.73 Å². The molecule has 6 heteroatoms. The van der Waals surface area contributed by atoms with Gasteiger partial charge in [0, 0.05) is 16.1 Å². The lowest BCUT2D eigenvalue weighted by atomic mass is 10.1. The second-order valence-electron chi connectivity index (χ2n) is 4.51. The number of aromatic nitrogens is 1. The lowest BCUT2D eigenvalue weighted by Crippen LogP contribution is -2.46. The molecular formula is C11H18N2O3S. The summed E-state index contributed by atoms with van der Waals surface area (Å²) in [7, 11) is 0. The van der Waals surface area contributed by atoms with Gasteiger partial charge in [-0.2, -0.15) is 0 Å². The number of hydrogen-bond donors (Lipinski definition) is 2. The van der Waals surface area contributed by atoms with Gasteiger partial charge in [0.1, 0.15) is 11.8 Å². The summed E-state index contributed by atoms with van der Waals surface area (Å²) < 4.78 is 4.52. The van der Waals surface area contributed by atoms with Crippen molar-refractivity contribution >= 4 is 17.7 Å². The lowest BCUT2D eigenvalue weighted by molar-refractivity contribution is -0.139. The fourth-order valence-corrected chi connectivity index (χ4v) is 2.56. The molecule has 0 aromatic carbocycles. The maximum atomic E-state index is 10.9. The van der Waals surface area contributed by atoms with E-state index in [4.69, 9.17) is 15.4 Å². The molecule has 0 aliphatic rings. The summed E-state index contributed by atoms with van der Waals surface area (Å²) in [5.41, 5.74) is 7.51. The highest BCUT2D eigenvalue weighted by Gasteiger charge is 2.33. The number of nitrogens with two attached hydrogens (primary N) is 1. The van der Waals surface area contributed by atoms with Crippen molar-refractivity contribution < 1.29 is 14.4 Å². The van der Waals surface area contributed by atoms with E-state index >= 15 is 0 Å². The Morgan fingerprint density at radius 3 is 2.59 bits per heavy atom. The van der Waals surface area contributed by atoms with E-state index < -0.39 is 16.8 Å². The first-order valence-corrected chi connectivity index (χ1v) is 6.28. The topological polar surface area (TPSA) is 89.4 Å². The van der Waals surface area contributed by atoms with E-state index in [2.05, 4.69) is 5.16 Å². The van der Waals surface area contributed by atoms with Crippen molar-refractivity contribution in [1.82, 2.24) is 5.16 Å². The van der Waals surface area contributed by atoms with Gasteiger partial charge in [-0.15, -0.1) is 11.8 Å². The fraction of sp³-hybridized carbons (Fsp3) is 0.636. The van der Waals surface area contributed by atoms with Crippen LogP contribution in [0.3, 0.4) is 0 Å². The van der Waals surface area contributed by atoms with Crippen LogP contribution in [0.5, 0.6) is 0 Å². The molecule has 17 heavy (non-hydrogen) atoms. The first-order chi connectivity index (χ1) is 7.75. The summed E-state index contributed by atoms with van der Waals surface area (Å²) >= 11 is 1.50. The van der Waals surface area contributed by atoms with Gasteiger partial charge in [0.25, 0.3) is 0 Å². The smallest absolute Gasteiger partial charge is 0.321 e. The minimum absolute atomic E-state index is 0.540. The Kier molecular flexibility index (Phi) is 4.21. The molecule has 3 N–H and O–H groups in total. The zero-order valence-electron chi connectivity index (χ0n) is 10.5. The Morgan fingerprint density at radius 1 is 1.59 bits per heavy atom. The molecule has 0 fully saturated rings. The van der Waals surface area contributed by atoms with Crippen LogP contribution in [0.1, 0.15) is 30.9 Å². The first kappa shape index (κ1) is 14.1. The normalized spacial score (nSPS) is 13.7. The minimum Gasteiger partial charge on any atom is -0.480 e. The molecule has 0 saturated carbocycles. The fourth-order valence-electron chi connectivity index (χ4n) is 1.35. The number of carboxylic acids is 1. The van der Waals surface area contributed by atoms with Gasteiger partial charge in [-0.1, -0.05) is 5.16 Å². The number of aliphatic carboxylic acids is 1. The van der Waals surface area contributed by atoms with Gasteiger partial charge in [0.05, 0.1) is 5.69 Å². The van der Waals surface area contributed by atoms with Gasteiger partial charge in [-0.25, -0.2) is 0 Å². The molecule has 0 aliphatic heterocycles. The van der Waals surface area contributed by atoms with E-state index in [1.54, 1.807) is 0 Å². The largest absolute Gasteiger partial charge is 0.480 e. The van der Waals surface area contributed by atoms with Crippen molar-refractivity contribution in [3.8, 4) is 0 Å². The van der Waals surface area contributed by atoms with Crippen LogP contribution in [-0.2, 0) is 10.5 Å². The maximum Gasteiger partial charge on any atom is 0.321 e. The lowest BCUT2D eigenvalue weighted by Gasteiger charge is -2.27. The van der Waals surface area contributed by atoms with Gasteiger partial charge in [-0.3, -0.25) is 4.79 Å². The van der Waals surface area contributed by atoms with Crippen LogP contribution in [0.25, 0.3) is 0 Å². The van der Waals surface area contributed by atoms with E-state index in [-0.39, 0.29) is 0 Å². The van der Waals surface area contributed by atoms with Crippen LogP contribution in [0, 0.1) is 13.8 Å². The molecule has 5 nitrogen and oxygen atoms in total. The van der Waals surface area contributed by atoms with Crippen LogP contribution >= 0.6 is 11.8 Å². The number of rotatable bonds is 5. The molecule has 1 aromatic heterocycles. The molecule has 0 unspecified atom stereocenters. The summed E-state index contributed by atoms with van der Waals surface area (Å²) in [6, 6.07) is -0.895. The predicted molar refractivity (Wildman–Crippen MR) is 67.0 cm³/mol. The standard InChI is InChI=1S/C11H18N2O3S/c1-6-8(7(2)16-13-6)5-17-11(3,4)9(12)10(14)15/h9H,5,12H2,1-4H3,(H,14,15)/t9-/m0/s1. The van der Waals surface area contributed by atoms with Gasteiger partial charge in [0.2, 0.25) is 0 Å². The van der Waals surface area contributed by atoms with Crippen LogP contribution in [0.15, 0.2) is 4.52 Å². The van der Waals surface area contributed by atoms with Crippen molar-refractivity contribution in [3.63, 3.8) is 0 Å². The highest BCUT2D eigenvalue weighted by molar-refractivity contribution is 7.99. The summed E-state index contributed by atoms with van der Waals surface area (Å²) in [5.74, 6) is 0.436. The Labute approximate surface area is 105 Å². The molecule has 1 heterocycles. The Hall–Kier alpha value is -1.01. The Morgan fingerprint density at radius 2 is 2.18 bits per heavy atom. The van der Waals surface area contributed by atoms with Crippen molar-refractivity contribution in [2.24, 2.45) is 5.73 Å². The molecule has 0 aliphatic carbocycles. The van der Waals surface area contributed by atoms with E-state index in [1.165, 1.54) is 11.8 Å². The molecule has 1 atom stereocenters. The van der Waals surface area contributed by atoms with Crippen molar-refractivity contribution in [3.05, 3.63) is 17.0 Å². The maximum absolute atomic E-state index is 10.9. The monoisotopic (exact) mass is 258 g/mol. The minimum atomic E-state index is -0.985. The average molecular weight is 258 g/mol. The number of carboxylic acid groups (broad SMARTS) is 1. The highest BCUT2D eigenvalue weighted by atomic mass is 32.2. The highest BCUT2D eigenvalue weighted by Crippen LogP contribution is 2.32. The zero-order valence-corrected chi connectivity index (χ0v) is 11.3. The zero-order chi connectivity index (χ0) is 13.2. The average Bonchev–Trinajstić information content (AvgIpc) is 2.55. The molecule has 1 rings (SSSR count). The first-order valence-electron chi connectivity index (χ1n) is 5.30. The third kappa shape index (κ3) is 3.23. The van der Waals surface area contributed by atoms with Crippen LogP contribution in [0.4, 0.5) is 0 Å². The predicted octanol–water partition coefficient (Wildman–Crippen LogP) is 1.72. The van der Waals surface area contributed by atoms with E-state index in [1.807, 2.05) is 27.7 Å². The summed E-state index contributed by atoms with van der Waals surface area (Å²) in [6.45, 7) is 7.37. The van der Waals surface area contributed by atoms with Crippen molar-refractivity contribution in [1.29, 1.82) is 0 Å². The van der Waals surface area contributed by atoms with E-state index in [9.17, 15) is 4.79 Å². The number of carbonyl (C=O) groups is 1. The molecule has 0 saturated heterocycles. The van der Waals surface area contributed by atoms with Gasteiger partial charge in [-0.05, 0) is 27.7 Å². The number of hydrogen-bond acceptors (Lipinski definition) is 5. The SMILES string of the molecule is Cc1noc(C)c1CSC(C)(C)[C@@H](N)C(=O)O. The second-order valence-corrected chi connectivity index (χ2v) is 6.14. The molecule has 96 valence electrons. The Bertz CT molecular complexity index is 395. The quantitative estimate of drug-likeness (QED) is 0.835. The van der Waals surface area contributed by atoms with Gasteiger partial charge >= 0.3 is 5.97 Å². The van der Waals surface area contributed by atoms with Crippen molar-refractivity contribution in [2.45, 2.75) is 44.2 Å². The second kappa shape index (κ2) is 5.10. The van der Waals surface area contributed by atoms with Crippen LogP contribution in [-0.4, -0.2) is 27.0 Å². The molecule has 0 spiro atoms. The van der Waals surface area contributed by atoms with Gasteiger partial charge in [0.15, 0.2) is 0 Å². The summed E-state index contributed by atoms with van der Waals surface area (Å²) in [5, 5.41) is 12.8. The number of nitrogens with zero attached hydrogens (tertiary/aromatic N) is 1. The van der Waals surface area contributed by atoms with Gasteiger partial charge < -0.3 is 15.4 Å². The molecule has 1 aromatic rings. The van der Waals surface area contributed by atoms with E-state index in [0.717, 1.165) is 17.0 Å². The van der Waals surface area contributed by atoms with Crippen LogP contribution in [0.2, 0.25) is 0 Å². The molecule has 0 radical (unpaired) electrons. The molecule has 0 amide bonds. The third-order valence-electron chi connectivity index (χ3n) is 2.78. The molecular weight excluding hydrogens is 240 g/mol.